The third-order valence-corrected chi connectivity index (χ3v) is 0. The number of rotatable bonds is 0. The second-order valence-corrected chi connectivity index (χ2v) is 13.1. The molecule has 0 aliphatic rings. The summed E-state index contributed by atoms with van der Waals surface area (Å²) in [6, 6.07) is 0. The molecule has 0 rings (SSSR count). The molecule has 38 valence electrons. The van der Waals surface area contributed by atoms with Crippen molar-refractivity contribution in [3.05, 3.63) is 0 Å². The van der Waals surface area contributed by atoms with Crippen LogP contribution in [-0.4, -0.2) is 17.4 Å². The fourth-order valence-corrected chi connectivity index (χ4v) is 0. The summed E-state index contributed by atoms with van der Waals surface area (Å²) in [7, 11) is 2.12. The van der Waals surface area contributed by atoms with Crippen LogP contribution in [-0.2, 0) is 0 Å². The molecular weight excluding hydrogens is 195 g/mol. The summed E-state index contributed by atoms with van der Waals surface area (Å²) >= 11 is 15.4. The van der Waals surface area contributed by atoms with Gasteiger partial charge in [0.05, 0.1) is 8.93 Å². The van der Waals surface area contributed by atoms with Crippen molar-refractivity contribution in [2.45, 2.75) is 0 Å². The van der Waals surface area contributed by atoms with E-state index in [4.69, 9.17) is 33.7 Å². The Balaban J connectivity index is 0. The van der Waals surface area contributed by atoms with E-state index in [0.717, 1.165) is 0 Å². The van der Waals surface area contributed by atoms with E-state index < -0.39 is 5.01 Å². The molecule has 0 nitrogen and oxygen atoms in total. The van der Waals surface area contributed by atoms with Crippen LogP contribution >= 0.6 is 47.7 Å². The van der Waals surface area contributed by atoms with Crippen molar-refractivity contribution in [2.24, 2.45) is 0 Å². The molecule has 6 heteroatoms. The predicted molar refractivity (Wildman–Crippen MR) is 44.1 cm³/mol. The molecule has 0 spiro atoms. The van der Waals surface area contributed by atoms with Gasteiger partial charge >= 0.3 is 5.01 Å². The first-order valence-electron chi connectivity index (χ1n) is 0.765. The molecule has 0 N–H and O–H groups in total. The average molecular weight is 200 g/mol. The lowest BCUT2D eigenvalue weighted by Crippen LogP contribution is -1.20. The highest BCUT2D eigenvalue weighted by Gasteiger charge is 2.22. The second-order valence-electron chi connectivity index (χ2n) is 0.484. The van der Waals surface area contributed by atoms with Crippen LogP contribution in [0.2, 0.25) is 0 Å². The van der Waals surface area contributed by atoms with Crippen LogP contribution in [0.15, 0.2) is 0 Å². The Bertz CT molecular complexity index is 24.3. The Labute approximate surface area is 64.8 Å². The fourth-order valence-electron chi connectivity index (χ4n) is 0. The van der Waals surface area contributed by atoms with E-state index >= 15 is 0 Å². The first-order chi connectivity index (χ1) is 2.00. The number of hydrogen-bond donors (Lipinski definition) is 0. The molecule has 0 saturated heterocycles. The molecule has 0 aliphatic carbocycles. The van der Waals surface area contributed by atoms with Gasteiger partial charge in [-0.3, -0.25) is 0 Å². The zero-order valence-corrected chi connectivity index (χ0v) is 6.48. The van der Waals surface area contributed by atoms with E-state index in [2.05, 4.69) is 8.93 Å². The normalized spacial score (nSPS) is 10.0. The molecule has 0 radical (unpaired) electrons. The van der Waals surface area contributed by atoms with Gasteiger partial charge in [0, 0.05) is 0 Å². The minimum Gasteiger partial charge on any atom is 0.0831 e. The van der Waals surface area contributed by atoms with E-state index in [1.54, 1.807) is 0 Å². The van der Waals surface area contributed by atoms with Gasteiger partial charge in [-0.05, 0) is 0 Å². The summed E-state index contributed by atoms with van der Waals surface area (Å²) in [5, 5.41) is -2.06. The SMILES string of the molecule is P[P+](Cl)(Cl)Cl.[AlH3]. The van der Waals surface area contributed by atoms with Crippen LogP contribution in [0.25, 0.3) is 0 Å². The third-order valence-electron chi connectivity index (χ3n) is 0. The first kappa shape index (κ1) is 11.1. The van der Waals surface area contributed by atoms with Gasteiger partial charge in [0.25, 0.3) is 0 Å². The molecule has 0 aromatic carbocycles. The van der Waals surface area contributed by atoms with Gasteiger partial charge in [-0.1, -0.05) is 0 Å². The molecule has 0 aliphatic heterocycles. The molecule has 0 amide bonds. The zero-order valence-electron chi connectivity index (χ0n) is 2.16. The topological polar surface area (TPSA) is 0 Å². The van der Waals surface area contributed by atoms with Crippen LogP contribution in [0.4, 0.5) is 0 Å². The van der Waals surface area contributed by atoms with Gasteiger partial charge in [-0.2, -0.15) is 0 Å². The van der Waals surface area contributed by atoms with Gasteiger partial charge in [-0.25, -0.2) is 0 Å². The molecule has 1 atom stereocenters. The smallest absolute Gasteiger partial charge is 0.0831 e. The summed E-state index contributed by atoms with van der Waals surface area (Å²) in [5.41, 5.74) is 0. The van der Waals surface area contributed by atoms with Crippen molar-refractivity contribution in [2.75, 3.05) is 0 Å². The molecule has 0 aromatic rings. The molecule has 0 saturated carbocycles. The van der Waals surface area contributed by atoms with E-state index in [-0.39, 0.29) is 17.4 Å². The molecule has 0 heterocycles. The second kappa shape index (κ2) is 4.17. The quantitative estimate of drug-likeness (QED) is 0.415. The summed E-state index contributed by atoms with van der Waals surface area (Å²) in [5.74, 6) is 0. The largest absolute Gasteiger partial charge is 0.318 e. The van der Waals surface area contributed by atoms with E-state index in [1.807, 2.05) is 0 Å². The van der Waals surface area contributed by atoms with Crippen molar-refractivity contribution in [3.8, 4) is 0 Å². The molecule has 1 unspecified atom stereocenters. The summed E-state index contributed by atoms with van der Waals surface area (Å²) in [6.45, 7) is 0. The highest BCUT2D eigenvalue weighted by molar-refractivity contribution is 8.61. The maximum Gasteiger partial charge on any atom is 0.318 e. The predicted octanol–water partition coefficient (Wildman–Crippen LogP) is 2.07. The van der Waals surface area contributed by atoms with Gasteiger partial charge in [0.2, 0.25) is 0 Å². The minimum absolute atomic E-state index is 0. The van der Waals surface area contributed by atoms with E-state index in [1.165, 1.54) is 0 Å². The highest BCUT2D eigenvalue weighted by atomic mass is 36.1. The summed E-state index contributed by atoms with van der Waals surface area (Å²) < 4.78 is 0. The lowest BCUT2D eigenvalue weighted by atomic mass is 27.0. The molecule has 0 bridgehead atoms. The van der Waals surface area contributed by atoms with Crippen LogP contribution < -0.4 is 0 Å². The molecule has 0 aromatic heterocycles. The molecule has 0 fully saturated rings. The van der Waals surface area contributed by atoms with Gasteiger partial charge in [0.15, 0.2) is 17.4 Å². The lowest BCUT2D eigenvalue weighted by Gasteiger charge is -1.78. The van der Waals surface area contributed by atoms with Gasteiger partial charge < -0.3 is 0 Å². The van der Waals surface area contributed by atoms with Gasteiger partial charge in [0.1, 0.15) is 33.7 Å². The van der Waals surface area contributed by atoms with Crippen LogP contribution in [0.5, 0.6) is 0 Å². The number of halogens is 3. The summed E-state index contributed by atoms with van der Waals surface area (Å²) in [4.78, 5) is 0. The van der Waals surface area contributed by atoms with Crippen molar-refractivity contribution < 1.29 is 0 Å². The van der Waals surface area contributed by atoms with Crippen LogP contribution in [0.1, 0.15) is 0 Å². The zero-order chi connectivity index (χ0) is 4.50. The Morgan fingerprint density at radius 3 is 1.17 bits per heavy atom. The number of hydrogen-bond acceptors (Lipinski definition) is 0. The standard InChI is InChI=1S/Al.Cl3H2P2.3H/c;1-5(2,3)4;;;/h;4H2;;;/q;+1;;;. The Morgan fingerprint density at radius 2 is 1.17 bits per heavy atom. The first-order valence-corrected chi connectivity index (χ1v) is 6.89. The van der Waals surface area contributed by atoms with E-state index in [0.29, 0.717) is 0 Å². The summed E-state index contributed by atoms with van der Waals surface area (Å²) in [6.07, 6.45) is 0. The third kappa shape index (κ3) is 33.9. The van der Waals surface area contributed by atoms with Crippen molar-refractivity contribution in [1.29, 1.82) is 0 Å². The van der Waals surface area contributed by atoms with Gasteiger partial charge in [-0.15, -0.1) is 0 Å². The maximum atomic E-state index is 5.14. The van der Waals surface area contributed by atoms with Crippen LogP contribution in [0.3, 0.4) is 0 Å². The monoisotopic (exact) mass is 199 g/mol. The molecule has 6 heavy (non-hydrogen) atoms. The molecular formula is H5AlCl3P2+. The van der Waals surface area contributed by atoms with Crippen LogP contribution in [0, 0.1) is 0 Å². The van der Waals surface area contributed by atoms with Crippen molar-refractivity contribution in [3.63, 3.8) is 0 Å². The Hall–Kier alpha value is 2.26. The maximum absolute atomic E-state index is 5.14. The lowest BCUT2D eigenvalue weighted by molar-refractivity contribution is 4.42. The Morgan fingerprint density at radius 1 is 1.17 bits per heavy atom. The average Bonchev–Trinajstić information content (AvgIpc) is 0.722. The fraction of sp³-hybridized carbons (Fsp3) is 0. The van der Waals surface area contributed by atoms with E-state index in [9.17, 15) is 0 Å². The van der Waals surface area contributed by atoms with Crippen molar-refractivity contribution in [1.82, 2.24) is 0 Å². The Kier molecular flexibility index (Phi) is 7.73. The highest BCUT2D eigenvalue weighted by Crippen LogP contribution is 2.80. The minimum atomic E-state index is -2.06. The van der Waals surface area contributed by atoms with Crippen molar-refractivity contribution >= 4 is 65.0 Å².